The van der Waals surface area contributed by atoms with E-state index in [1.807, 2.05) is 18.7 Å². The second kappa shape index (κ2) is 5.62. The zero-order valence-electron chi connectivity index (χ0n) is 12.4. The van der Waals surface area contributed by atoms with Gasteiger partial charge in [-0.15, -0.1) is 0 Å². The largest absolute Gasteiger partial charge is 0.327 e. The summed E-state index contributed by atoms with van der Waals surface area (Å²) in [6.07, 6.45) is 1.79. The van der Waals surface area contributed by atoms with Crippen molar-refractivity contribution in [3.05, 3.63) is 16.4 Å². The molecule has 0 spiro atoms. The van der Waals surface area contributed by atoms with E-state index in [9.17, 15) is 0 Å². The first kappa shape index (κ1) is 15.5. The number of aryl methyl sites for hydroxylation is 2. The lowest BCUT2D eigenvalue weighted by Crippen LogP contribution is -2.30. The molecule has 0 radical (unpaired) electrons. The summed E-state index contributed by atoms with van der Waals surface area (Å²) in [4.78, 5) is 0. The molecule has 0 aliphatic heterocycles. The standard InChI is InChI=1S/C14H26ClN3/c1-9(14(3,4)5)7-11(16)8-12-13(15)10(2)17-18(12)6/h9,11H,7-8,16H2,1-6H3. The molecule has 2 atom stereocenters. The van der Waals surface area contributed by atoms with Crippen LogP contribution in [0.1, 0.15) is 45.5 Å². The van der Waals surface area contributed by atoms with Gasteiger partial charge in [-0.2, -0.15) is 5.10 Å². The Morgan fingerprint density at radius 3 is 2.33 bits per heavy atom. The van der Waals surface area contributed by atoms with Crippen LogP contribution in [0, 0.1) is 18.3 Å². The lowest BCUT2D eigenvalue weighted by Gasteiger charge is -2.29. The van der Waals surface area contributed by atoms with E-state index in [4.69, 9.17) is 17.3 Å². The van der Waals surface area contributed by atoms with Crippen molar-refractivity contribution in [3.63, 3.8) is 0 Å². The van der Waals surface area contributed by atoms with E-state index in [0.29, 0.717) is 11.3 Å². The predicted molar refractivity (Wildman–Crippen MR) is 77.9 cm³/mol. The lowest BCUT2D eigenvalue weighted by molar-refractivity contribution is 0.232. The molecule has 4 heteroatoms. The Bertz CT molecular complexity index is 404. The third kappa shape index (κ3) is 3.72. The molecule has 0 saturated heterocycles. The zero-order chi connectivity index (χ0) is 14.1. The van der Waals surface area contributed by atoms with Crippen LogP contribution in [0.25, 0.3) is 0 Å². The Balaban J connectivity index is 2.68. The molecule has 1 aromatic rings. The maximum absolute atomic E-state index is 6.25. The summed E-state index contributed by atoms with van der Waals surface area (Å²) in [6.45, 7) is 11.0. The first-order valence-corrected chi connectivity index (χ1v) is 6.94. The highest BCUT2D eigenvalue weighted by atomic mass is 35.5. The molecule has 0 aliphatic carbocycles. The summed E-state index contributed by atoms with van der Waals surface area (Å²) in [5.41, 5.74) is 8.47. The van der Waals surface area contributed by atoms with Crippen LogP contribution >= 0.6 is 11.6 Å². The number of rotatable bonds is 4. The van der Waals surface area contributed by atoms with Crippen molar-refractivity contribution in [2.24, 2.45) is 24.1 Å². The van der Waals surface area contributed by atoms with E-state index in [0.717, 1.165) is 29.3 Å². The highest BCUT2D eigenvalue weighted by molar-refractivity contribution is 6.31. The second-order valence-corrected chi connectivity index (χ2v) is 6.81. The summed E-state index contributed by atoms with van der Waals surface area (Å²) in [5, 5.41) is 5.08. The molecule has 0 amide bonds. The van der Waals surface area contributed by atoms with E-state index >= 15 is 0 Å². The summed E-state index contributed by atoms with van der Waals surface area (Å²) in [6, 6.07) is 0.131. The summed E-state index contributed by atoms with van der Waals surface area (Å²) in [5.74, 6) is 0.584. The molecule has 1 aromatic heterocycles. The number of hydrogen-bond donors (Lipinski definition) is 1. The molecule has 104 valence electrons. The average molecular weight is 272 g/mol. The Labute approximate surface area is 116 Å². The van der Waals surface area contributed by atoms with Crippen molar-refractivity contribution in [1.29, 1.82) is 0 Å². The number of nitrogens with two attached hydrogens (primary N) is 1. The minimum absolute atomic E-state index is 0.131. The first-order valence-electron chi connectivity index (χ1n) is 6.56. The van der Waals surface area contributed by atoms with Crippen LogP contribution in [0.15, 0.2) is 0 Å². The second-order valence-electron chi connectivity index (χ2n) is 6.44. The van der Waals surface area contributed by atoms with Gasteiger partial charge in [0.05, 0.1) is 16.4 Å². The number of halogens is 1. The highest BCUT2D eigenvalue weighted by Gasteiger charge is 2.23. The van der Waals surface area contributed by atoms with Crippen LogP contribution < -0.4 is 5.73 Å². The van der Waals surface area contributed by atoms with E-state index in [2.05, 4.69) is 32.8 Å². The molecule has 0 saturated carbocycles. The van der Waals surface area contributed by atoms with Crippen LogP contribution in [0.3, 0.4) is 0 Å². The fraction of sp³-hybridized carbons (Fsp3) is 0.786. The normalized spacial score (nSPS) is 15.8. The molecular weight excluding hydrogens is 246 g/mol. The van der Waals surface area contributed by atoms with Gasteiger partial charge in [0.2, 0.25) is 0 Å². The molecule has 1 heterocycles. The molecular formula is C14H26ClN3. The summed E-state index contributed by atoms with van der Waals surface area (Å²) in [7, 11) is 1.92. The van der Waals surface area contributed by atoms with Crippen LogP contribution in [0.5, 0.6) is 0 Å². The van der Waals surface area contributed by atoms with Crippen molar-refractivity contribution in [2.75, 3.05) is 0 Å². The molecule has 18 heavy (non-hydrogen) atoms. The molecule has 0 bridgehead atoms. The van der Waals surface area contributed by atoms with Gasteiger partial charge in [-0.1, -0.05) is 39.3 Å². The van der Waals surface area contributed by atoms with Gasteiger partial charge in [0.15, 0.2) is 0 Å². The van der Waals surface area contributed by atoms with Gasteiger partial charge in [-0.05, 0) is 24.7 Å². The zero-order valence-corrected chi connectivity index (χ0v) is 13.2. The van der Waals surface area contributed by atoms with Gasteiger partial charge in [-0.25, -0.2) is 0 Å². The van der Waals surface area contributed by atoms with Gasteiger partial charge >= 0.3 is 0 Å². The number of hydrogen-bond acceptors (Lipinski definition) is 2. The molecule has 2 unspecified atom stereocenters. The van der Waals surface area contributed by atoms with Crippen molar-refractivity contribution in [3.8, 4) is 0 Å². The fourth-order valence-electron chi connectivity index (χ4n) is 2.04. The van der Waals surface area contributed by atoms with Crippen LogP contribution in [-0.2, 0) is 13.5 Å². The van der Waals surface area contributed by atoms with Gasteiger partial charge in [0, 0.05) is 19.5 Å². The Kier molecular flexibility index (Phi) is 4.84. The Morgan fingerprint density at radius 2 is 1.94 bits per heavy atom. The van der Waals surface area contributed by atoms with Crippen LogP contribution in [0.2, 0.25) is 5.02 Å². The summed E-state index contributed by atoms with van der Waals surface area (Å²) >= 11 is 6.25. The molecule has 0 aliphatic rings. The lowest BCUT2D eigenvalue weighted by atomic mass is 9.78. The minimum Gasteiger partial charge on any atom is -0.327 e. The maximum Gasteiger partial charge on any atom is 0.0847 e. The van der Waals surface area contributed by atoms with E-state index in [-0.39, 0.29) is 6.04 Å². The topological polar surface area (TPSA) is 43.8 Å². The van der Waals surface area contributed by atoms with Crippen LogP contribution in [-0.4, -0.2) is 15.8 Å². The predicted octanol–water partition coefficient (Wildman–Crippen LogP) is 3.32. The smallest absolute Gasteiger partial charge is 0.0847 e. The molecule has 1 rings (SSSR count). The Hall–Kier alpha value is -0.540. The minimum atomic E-state index is 0.131. The van der Waals surface area contributed by atoms with Crippen LogP contribution in [0.4, 0.5) is 0 Å². The number of nitrogens with zero attached hydrogens (tertiary/aromatic N) is 2. The average Bonchev–Trinajstić information content (AvgIpc) is 2.43. The fourth-order valence-corrected chi connectivity index (χ4v) is 2.28. The van der Waals surface area contributed by atoms with E-state index in [1.165, 1.54) is 0 Å². The SMILES string of the molecule is Cc1nn(C)c(CC(N)CC(C)C(C)(C)C)c1Cl. The van der Waals surface area contributed by atoms with E-state index < -0.39 is 0 Å². The van der Waals surface area contributed by atoms with Gasteiger partial charge in [0.25, 0.3) is 0 Å². The van der Waals surface area contributed by atoms with Gasteiger partial charge in [0.1, 0.15) is 0 Å². The first-order chi connectivity index (χ1) is 8.12. The monoisotopic (exact) mass is 271 g/mol. The number of aromatic nitrogens is 2. The quantitative estimate of drug-likeness (QED) is 0.913. The summed E-state index contributed by atoms with van der Waals surface area (Å²) < 4.78 is 1.85. The third-order valence-electron chi connectivity index (χ3n) is 3.85. The highest BCUT2D eigenvalue weighted by Crippen LogP contribution is 2.30. The van der Waals surface area contributed by atoms with Crippen molar-refractivity contribution in [1.82, 2.24) is 9.78 Å². The van der Waals surface area contributed by atoms with Crippen molar-refractivity contribution < 1.29 is 0 Å². The molecule has 2 N–H and O–H groups in total. The molecule has 3 nitrogen and oxygen atoms in total. The third-order valence-corrected chi connectivity index (χ3v) is 4.34. The van der Waals surface area contributed by atoms with Gasteiger partial charge in [-0.3, -0.25) is 4.68 Å². The molecule has 0 aromatic carbocycles. The Morgan fingerprint density at radius 1 is 1.39 bits per heavy atom. The van der Waals surface area contributed by atoms with Gasteiger partial charge < -0.3 is 5.73 Å². The van der Waals surface area contributed by atoms with Crippen molar-refractivity contribution in [2.45, 2.75) is 53.5 Å². The molecule has 0 fully saturated rings. The van der Waals surface area contributed by atoms with Crippen molar-refractivity contribution >= 4 is 11.6 Å². The van der Waals surface area contributed by atoms with E-state index in [1.54, 1.807) is 0 Å². The maximum atomic E-state index is 6.25.